The largest absolute Gasteiger partial charge is 0.493 e. The van der Waals surface area contributed by atoms with Crippen molar-refractivity contribution in [3.8, 4) is 17.6 Å². The Bertz CT molecular complexity index is 1110. The molecule has 0 heterocycles. The van der Waals surface area contributed by atoms with Crippen molar-refractivity contribution in [2.45, 2.75) is 0 Å². The first-order valence-corrected chi connectivity index (χ1v) is 9.31. The zero-order valence-electron chi connectivity index (χ0n) is 16.7. The fraction of sp³-hybridized carbons (Fsp3) is 0.0870. The number of ether oxygens (including phenoxy) is 2. The number of para-hydroxylation sites is 1. The average Bonchev–Trinajstić information content (AvgIpc) is 2.78. The Kier molecular flexibility index (Phi) is 7.06. The van der Waals surface area contributed by atoms with Crippen molar-refractivity contribution in [2.75, 3.05) is 29.7 Å². The van der Waals surface area contributed by atoms with E-state index in [0.717, 1.165) is 0 Å². The molecule has 3 amide bonds. The number of amides is 3. The molecule has 0 radical (unpaired) electrons. The molecule has 0 saturated heterocycles. The molecule has 0 aromatic heterocycles. The number of nitriles is 1. The van der Waals surface area contributed by atoms with Crippen LogP contribution in [-0.4, -0.2) is 25.7 Å². The van der Waals surface area contributed by atoms with E-state index in [1.165, 1.54) is 13.2 Å². The first kappa shape index (κ1) is 21.2. The van der Waals surface area contributed by atoms with Crippen LogP contribution in [0.15, 0.2) is 72.8 Å². The highest BCUT2D eigenvalue weighted by Gasteiger charge is 2.10. The molecule has 8 heteroatoms. The van der Waals surface area contributed by atoms with Crippen LogP contribution < -0.4 is 25.4 Å². The summed E-state index contributed by atoms with van der Waals surface area (Å²) in [4.78, 5) is 24.4. The number of benzene rings is 3. The lowest BCUT2D eigenvalue weighted by Crippen LogP contribution is -2.21. The van der Waals surface area contributed by atoms with Gasteiger partial charge in [-0.3, -0.25) is 4.79 Å². The van der Waals surface area contributed by atoms with E-state index in [1.807, 2.05) is 24.3 Å². The van der Waals surface area contributed by atoms with E-state index in [4.69, 9.17) is 14.7 Å². The van der Waals surface area contributed by atoms with E-state index in [9.17, 15) is 9.59 Å². The monoisotopic (exact) mass is 416 g/mol. The van der Waals surface area contributed by atoms with Gasteiger partial charge in [0.15, 0.2) is 18.1 Å². The second-order valence-electron chi connectivity index (χ2n) is 6.34. The Hall–Kier alpha value is -4.51. The summed E-state index contributed by atoms with van der Waals surface area (Å²) in [6.45, 7) is -0.256. The van der Waals surface area contributed by atoms with Crippen molar-refractivity contribution < 1.29 is 19.1 Å². The molecule has 0 bridgehead atoms. The van der Waals surface area contributed by atoms with Crippen LogP contribution in [0.4, 0.5) is 21.9 Å². The minimum absolute atomic E-state index is 0.256. The van der Waals surface area contributed by atoms with Gasteiger partial charge in [0.1, 0.15) is 0 Å². The maximum absolute atomic E-state index is 12.3. The van der Waals surface area contributed by atoms with Gasteiger partial charge in [0, 0.05) is 23.1 Å². The number of hydrogen-bond donors (Lipinski definition) is 3. The minimum Gasteiger partial charge on any atom is -0.493 e. The molecular formula is C23H20N4O4. The summed E-state index contributed by atoms with van der Waals surface area (Å²) < 4.78 is 10.7. The van der Waals surface area contributed by atoms with Gasteiger partial charge in [-0.2, -0.15) is 5.26 Å². The van der Waals surface area contributed by atoms with Crippen LogP contribution >= 0.6 is 0 Å². The number of carbonyl (C=O) groups excluding carboxylic acids is 2. The third-order valence-corrected chi connectivity index (χ3v) is 4.09. The number of methoxy groups -OCH3 is 1. The number of anilines is 3. The maximum Gasteiger partial charge on any atom is 0.323 e. The van der Waals surface area contributed by atoms with Crippen molar-refractivity contribution in [2.24, 2.45) is 0 Å². The Morgan fingerprint density at radius 2 is 1.52 bits per heavy atom. The van der Waals surface area contributed by atoms with Crippen LogP contribution in [0, 0.1) is 11.3 Å². The summed E-state index contributed by atoms with van der Waals surface area (Å²) >= 11 is 0. The molecule has 8 nitrogen and oxygen atoms in total. The number of hydrogen-bond acceptors (Lipinski definition) is 5. The molecule has 0 spiro atoms. The summed E-state index contributed by atoms with van der Waals surface area (Å²) in [5.41, 5.74) is 2.10. The molecule has 0 aliphatic carbocycles. The van der Waals surface area contributed by atoms with E-state index in [1.54, 1.807) is 48.5 Å². The summed E-state index contributed by atoms with van der Waals surface area (Å²) in [5.74, 6) is 0.324. The van der Waals surface area contributed by atoms with E-state index in [-0.39, 0.29) is 6.61 Å². The van der Waals surface area contributed by atoms with Gasteiger partial charge < -0.3 is 25.4 Å². The Morgan fingerprint density at radius 3 is 2.23 bits per heavy atom. The maximum atomic E-state index is 12.3. The fourth-order valence-electron chi connectivity index (χ4n) is 2.69. The minimum atomic E-state index is -0.397. The molecular weight excluding hydrogens is 396 g/mol. The molecule has 3 aromatic carbocycles. The van der Waals surface area contributed by atoms with Crippen molar-refractivity contribution >= 4 is 29.0 Å². The molecule has 156 valence electrons. The van der Waals surface area contributed by atoms with Crippen molar-refractivity contribution in [1.82, 2.24) is 0 Å². The SMILES string of the molecule is COc1cc(C#N)ccc1OCC(=O)Nc1cccc(NC(=O)Nc2ccccc2)c1. The van der Waals surface area contributed by atoms with Crippen LogP contribution in [0.1, 0.15) is 5.56 Å². The predicted octanol–water partition coefficient (Wildman–Crippen LogP) is 4.23. The van der Waals surface area contributed by atoms with E-state index in [0.29, 0.717) is 34.1 Å². The second-order valence-corrected chi connectivity index (χ2v) is 6.34. The molecule has 0 fully saturated rings. The van der Waals surface area contributed by atoms with Gasteiger partial charge in [-0.15, -0.1) is 0 Å². The quantitative estimate of drug-likeness (QED) is 0.534. The molecule has 0 saturated carbocycles. The van der Waals surface area contributed by atoms with E-state index in [2.05, 4.69) is 16.0 Å². The number of urea groups is 1. The van der Waals surface area contributed by atoms with Gasteiger partial charge in [0.25, 0.3) is 5.91 Å². The zero-order chi connectivity index (χ0) is 22.1. The van der Waals surface area contributed by atoms with Gasteiger partial charge in [0.05, 0.1) is 18.7 Å². The second kappa shape index (κ2) is 10.3. The molecule has 3 rings (SSSR count). The van der Waals surface area contributed by atoms with Crippen LogP contribution in [0.3, 0.4) is 0 Å². The molecule has 3 aromatic rings. The van der Waals surface area contributed by atoms with Gasteiger partial charge >= 0.3 is 6.03 Å². The number of carbonyl (C=O) groups is 2. The van der Waals surface area contributed by atoms with Crippen molar-refractivity contribution in [1.29, 1.82) is 5.26 Å². The molecule has 0 aliphatic heterocycles. The predicted molar refractivity (Wildman–Crippen MR) is 117 cm³/mol. The summed E-state index contributed by atoms with van der Waals surface area (Å²) in [7, 11) is 1.45. The van der Waals surface area contributed by atoms with Gasteiger partial charge in [-0.05, 0) is 42.5 Å². The first-order chi connectivity index (χ1) is 15.1. The number of nitrogens with one attached hydrogen (secondary N) is 3. The lowest BCUT2D eigenvalue weighted by molar-refractivity contribution is -0.118. The number of nitrogens with zero attached hydrogens (tertiary/aromatic N) is 1. The molecule has 31 heavy (non-hydrogen) atoms. The third-order valence-electron chi connectivity index (χ3n) is 4.09. The van der Waals surface area contributed by atoms with Crippen LogP contribution in [0.25, 0.3) is 0 Å². The van der Waals surface area contributed by atoms with Crippen molar-refractivity contribution in [3.05, 3.63) is 78.4 Å². The summed E-state index contributed by atoms with van der Waals surface area (Å²) in [6, 6.07) is 22.1. The molecule has 3 N–H and O–H groups in total. The van der Waals surface area contributed by atoms with Crippen LogP contribution in [-0.2, 0) is 4.79 Å². The Morgan fingerprint density at radius 1 is 0.839 bits per heavy atom. The summed E-state index contributed by atoms with van der Waals surface area (Å²) in [5, 5.41) is 17.1. The highest BCUT2D eigenvalue weighted by molar-refractivity contribution is 6.00. The van der Waals surface area contributed by atoms with E-state index < -0.39 is 11.9 Å². The first-order valence-electron chi connectivity index (χ1n) is 9.31. The molecule has 0 aliphatic rings. The lowest BCUT2D eigenvalue weighted by atomic mass is 10.2. The smallest absolute Gasteiger partial charge is 0.323 e. The normalized spacial score (nSPS) is 9.81. The zero-order valence-corrected chi connectivity index (χ0v) is 16.7. The van der Waals surface area contributed by atoms with Gasteiger partial charge in [-0.25, -0.2) is 4.79 Å². The molecule has 0 unspecified atom stereocenters. The fourth-order valence-corrected chi connectivity index (χ4v) is 2.69. The number of rotatable bonds is 7. The Labute approximate surface area is 179 Å². The Balaban J connectivity index is 1.55. The lowest BCUT2D eigenvalue weighted by Gasteiger charge is -2.12. The topological polar surface area (TPSA) is 112 Å². The average molecular weight is 416 g/mol. The standard InChI is InChI=1S/C23H20N4O4/c1-30-21-12-16(14-24)10-11-20(21)31-15-22(28)25-18-8-5-9-19(13-18)27-23(29)26-17-6-3-2-4-7-17/h2-13H,15H2,1H3,(H,25,28)(H2,26,27,29). The summed E-state index contributed by atoms with van der Waals surface area (Å²) in [6.07, 6.45) is 0. The highest BCUT2D eigenvalue weighted by atomic mass is 16.5. The van der Waals surface area contributed by atoms with Crippen LogP contribution in [0.5, 0.6) is 11.5 Å². The third kappa shape index (κ3) is 6.24. The van der Waals surface area contributed by atoms with Gasteiger partial charge in [-0.1, -0.05) is 24.3 Å². The highest BCUT2D eigenvalue weighted by Crippen LogP contribution is 2.27. The molecule has 0 atom stereocenters. The van der Waals surface area contributed by atoms with Gasteiger partial charge in [0.2, 0.25) is 0 Å². The van der Waals surface area contributed by atoms with E-state index >= 15 is 0 Å². The van der Waals surface area contributed by atoms with Crippen LogP contribution in [0.2, 0.25) is 0 Å². The van der Waals surface area contributed by atoms with Crippen molar-refractivity contribution in [3.63, 3.8) is 0 Å².